The third-order valence-corrected chi connectivity index (χ3v) is 4.37. The zero-order chi connectivity index (χ0) is 10.3. The van der Waals surface area contributed by atoms with Gasteiger partial charge >= 0.3 is 0 Å². The summed E-state index contributed by atoms with van der Waals surface area (Å²) in [6, 6.07) is 2.62. The van der Waals surface area contributed by atoms with Crippen LogP contribution in [0.3, 0.4) is 0 Å². The lowest BCUT2D eigenvalue weighted by molar-refractivity contribution is 0.380. The zero-order valence-electron chi connectivity index (χ0n) is 8.80. The third kappa shape index (κ3) is 1.71. The Morgan fingerprint density at radius 2 is 2.29 bits per heavy atom. The van der Waals surface area contributed by atoms with E-state index in [-0.39, 0.29) is 0 Å². The Morgan fingerprint density at radius 1 is 1.57 bits per heavy atom. The van der Waals surface area contributed by atoms with E-state index in [0.717, 1.165) is 10.9 Å². The lowest BCUT2D eigenvalue weighted by Gasteiger charge is -2.30. The van der Waals surface area contributed by atoms with Crippen molar-refractivity contribution in [1.29, 1.82) is 0 Å². The summed E-state index contributed by atoms with van der Waals surface area (Å²) in [5, 5.41) is 3.59. The molecule has 0 aromatic carbocycles. The Hall–Kier alpha value is -0.0500. The second-order valence-corrected chi connectivity index (χ2v) is 6.12. The largest absolute Gasteiger partial charge is 0.309 e. The highest BCUT2D eigenvalue weighted by Gasteiger charge is 2.28. The second kappa shape index (κ2) is 3.84. The van der Waals surface area contributed by atoms with Crippen LogP contribution in [0, 0.1) is 5.92 Å². The SMILES string of the molecule is CC1CNC(C(C)C)c2cc(Cl)sc21. The summed E-state index contributed by atoms with van der Waals surface area (Å²) in [6.45, 7) is 7.84. The number of thiophene rings is 1. The molecule has 1 N–H and O–H groups in total. The van der Waals surface area contributed by atoms with Gasteiger partial charge in [-0.1, -0.05) is 32.4 Å². The van der Waals surface area contributed by atoms with Gasteiger partial charge in [0.15, 0.2) is 0 Å². The Morgan fingerprint density at radius 3 is 2.93 bits per heavy atom. The van der Waals surface area contributed by atoms with Gasteiger partial charge in [-0.2, -0.15) is 0 Å². The maximum Gasteiger partial charge on any atom is 0.0934 e. The molecule has 1 aromatic rings. The van der Waals surface area contributed by atoms with Crippen LogP contribution in [0.5, 0.6) is 0 Å². The minimum atomic E-state index is 0.491. The molecule has 0 saturated carbocycles. The van der Waals surface area contributed by atoms with Gasteiger partial charge in [-0.15, -0.1) is 11.3 Å². The van der Waals surface area contributed by atoms with Crippen molar-refractivity contribution < 1.29 is 0 Å². The monoisotopic (exact) mass is 229 g/mol. The smallest absolute Gasteiger partial charge is 0.0934 e. The lowest BCUT2D eigenvalue weighted by atomic mass is 9.89. The molecule has 14 heavy (non-hydrogen) atoms. The Balaban J connectivity index is 2.41. The number of rotatable bonds is 1. The van der Waals surface area contributed by atoms with Gasteiger partial charge in [0.05, 0.1) is 4.34 Å². The van der Waals surface area contributed by atoms with E-state index >= 15 is 0 Å². The van der Waals surface area contributed by atoms with Gasteiger partial charge in [-0.3, -0.25) is 0 Å². The van der Waals surface area contributed by atoms with Crippen LogP contribution in [0.4, 0.5) is 0 Å². The topological polar surface area (TPSA) is 12.0 Å². The van der Waals surface area contributed by atoms with Crippen molar-refractivity contribution in [3.8, 4) is 0 Å². The van der Waals surface area contributed by atoms with Crippen LogP contribution >= 0.6 is 22.9 Å². The first kappa shape index (κ1) is 10.5. The van der Waals surface area contributed by atoms with Gasteiger partial charge < -0.3 is 5.32 Å². The number of halogens is 1. The zero-order valence-corrected chi connectivity index (χ0v) is 10.4. The molecule has 2 unspecified atom stereocenters. The van der Waals surface area contributed by atoms with Crippen molar-refractivity contribution in [3.05, 3.63) is 20.8 Å². The molecule has 0 amide bonds. The number of hydrogen-bond acceptors (Lipinski definition) is 2. The lowest BCUT2D eigenvalue weighted by Crippen LogP contribution is -2.33. The van der Waals surface area contributed by atoms with Crippen molar-refractivity contribution in [2.75, 3.05) is 6.54 Å². The van der Waals surface area contributed by atoms with E-state index in [1.54, 1.807) is 11.3 Å². The maximum absolute atomic E-state index is 6.08. The van der Waals surface area contributed by atoms with Gasteiger partial charge in [0.2, 0.25) is 0 Å². The summed E-state index contributed by atoms with van der Waals surface area (Å²) in [6.07, 6.45) is 0. The van der Waals surface area contributed by atoms with Crippen LogP contribution in [0.15, 0.2) is 6.07 Å². The molecule has 0 aliphatic carbocycles. The minimum Gasteiger partial charge on any atom is -0.309 e. The van der Waals surface area contributed by atoms with E-state index in [2.05, 4.69) is 32.2 Å². The van der Waals surface area contributed by atoms with Crippen LogP contribution < -0.4 is 5.32 Å². The highest BCUT2D eigenvalue weighted by atomic mass is 35.5. The molecular formula is C11H16ClNS. The first-order valence-electron chi connectivity index (χ1n) is 5.12. The van der Waals surface area contributed by atoms with E-state index in [1.165, 1.54) is 10.4 Å². The summed E-state index contributed by atoms with van der Waals surface area (Å²) >= 11 is 7.82. The molecule has 0 radical (unpaired) electrons. The van der Waals surface area contributed by atoms with Crippen molar-refractivity contribution in [3.63, 3.8) is 0 Å². The Labute approximate surface area is 94.5 Å². The average Bonchev–Trinajstić information content (AvgIpc) is 2.47. The highest BCUT2D eigenvalue weighted by molar-refractivity contribution is 7.16. The number of hydrogen-bond donors (Lipinski definition) is 1. The van der Waals surface area contributed by atoms with Gasteiger partial charge in [0.25, 0.3) is 0 Å². The fraction of sp³-hybridized carbons (Fsp3) is 0.636. The summed E-state index contributed by atoms with van der Waals surface area (Å²) in [4.78, 5) is 1.48. The van der Waals surface area contributed by atoms with Crippen molar-refractivity contribution in [1.82, 2.24) is 5.32 Å². The van der Waals surface area contributed by atoms with Crippen LogP contribution in [0.1, 0.15) is 43.2 Å². The first-order valence-corrected chi connectivity index (χ1v) is 6.31. The Kier molecular flexibility index (Phi) is 2.87. The van der Waals surface area contributed by atoms with E-state index < -0.39 is 0 Å². The molecule has 2 atom stereocenters. The van der Waals surface area contributed by atoms with Gasteiger partial charge in [0.1, 0.15) is 0 Å². The molecule has 2 rings (SSSR count). The number of fused-ring (bicyclic) bond motifs is 1. The molecule has 3 heteroatoms. The average molecular weight is 230 g/mol. The van der Waals surface area contributed by atoms with E-state index in [1.807, 2.05) is 0 Å². The molecule has 2 heterocycles. The minimum absolute atomic E-state index is 0.491. The molecule has 0 spiro atoms. The normalized spacial score (nSPS) is 26.6. The summed E-state index contributed by atoms with van der Waals surface area (Å²) < 4.78 is 0.927. The molecule has 1 aromatic heterocycles. The summed E-state index contributed by atoms with van der Waals surface area (Å²) in [5.74, 6) is 1.24. The first-order chi connectivity index (χ1) is 6.59. The van der Waals surface area contributed by atoms with Crippen molar-refractivity contribution >= 4 is 22.9 Å². The molecule has 1 aliphatic rings. The highest BCUT2D eigenvalue weighted by Crippen LogP contribution is 2.40. The molecule has 0 saturated heterocycles. The van der Waals surface area contributed by atoms with Crippen LogP contribution in [0.2, 0.25) is 4.34 Å². The standard InChI is InChI=1S/C11H16ClNS/c1-6(2)10-8-4-9(12)14-11(8)7(3)5-13-10/h4,6-7,10,13H,5H2,1-3H3. The van der Waals surface area contributed by atoms with Crippen LogP contribution in [0.25, 0.3) is 0 Å². The maximum atomic E-state index is 6.08. The molecule has 1 nitrogen and oxygen atoms in total. The second-order valence-electron chi connectivity index (χ2n) is 4.40. The van der Waals surface area contributed by atoms with Gasteiger partial charge in [0, 0.05) is 23.4 Å². The third-order valence-electron chi connectivity index (χ3n) is 2.85. The fourth-order valence-corrected chi connectivity index (χ4v) is 3.47. The van der Waals surface area contributed by atoms with E-state index in [9.17, 15) is 0 Å². The van der Waals surface area contributed by atoms with Crippen molar-refractivity contribution in [2.24, 2.45) is 5.92 Å². The molecule has 0 bridgehead atoms. The van der Waals surface area contributed by atoms with Gasteiger partial charge in [-0.05, 0) is 17.5 Å². The van der Waals surface area contributed by atoms with Crippen LogP contribution in [-0.4, -0.2) is 6.54 Å². The number of nitrogens with one attached hydrogen (secondary N) is 1. The molecule has 78 valence electrons. The van der Waals surface area contributed by atoms with E-state index in [4.69, 9.17) is 11.6 Å². The summed E-state index contributed by atoms with van der Waals surface area (Å²) in [5.41, 5.74) is 1.42. The molecular weight excluding hydrogens is 214 g/mol. The quantitative estimate of drug-likeness (QED) is 0.773. The fourth-order valence-electron chi connectivity index (χ4n) is 2.12. The predicted molar refractivity (Wildman–Crippen MR) is 63.3 cm³/mol. The predicted octanol–water partition coefficient (Wildman–Crippen LogP) is 3.81. The van der Waals surface area contributed by atoms with E-state index in [0.29, 0.717) is 17.9 Å². The molecule has 1 aliphatic heterocycles. The van der Waals surface area contributed by atoms with Crippen molar-refractivity contribution in [2.45, 2.75) is 32.7 Å². The Bertz CT molecular complexity index is 332. The van der Waals surface area contributed by atoms with Crippen LogP contribution in [-0.2, 0) is 0 Å². The molecule has 0 fully saturated rings. The van der Waals surface area contributed by atoms with Gasteiger partial charge in [-0.25, -0.2) is 0 Å². The summed E-state index contributed by atoms with van der Waals surface area (Å²) in [7, 11) is 0.